The Morgan fingerprint density at radius 3 is 2.68 bits per heavy atom. The van der Waals surface area contributed by atoms with Crippen molar-refractivity contribution >= 4 is 11.6 Å². The van der Waals surface area contributed by atoms with E-state index in [0.717, 1.165) is 37.3 Å². The minimum Gasteiger partial charge on any atom is -0.507 e. The smallest absolute Gasteiger partial charge is 0.123 e. The summed E-state index contributed by atoms with van der Waals surface area (Å²) in [6.07, 6.45) is 0.605. The Balaban J connectivity index is 2.32. The van der Waals surface area contributed by atoms with Gasteiger partial charge in [0.15, 0.2) is 0 Å². The van der Waals surface area contributed by atoms with Gasteiger partial charge in [-0.1, -0.05) is 11.6 Å². The lowest BCUT2D eigenvalue weighted by Crippen LogP contribution is -2.45. The molecule has 0 bridgehead atoms. The number of aryl methyl sites for hydroxylation is 1. The van der Waals surface area contributed by atoms with Crippen LogP contribution >= 0.6 is 11.6 Å². The molecule has 19 heavy (non-hydrogen) atoms. The highest BCUT2D eigenvalue weighted by molar-refractivity contribution is 6.30. The van der Waals surface area contributed by atoms with Gasteiger partial charge in [0.2, 0.25) is 0 Å². The van der Waals surface area contributed by atoms with Gasteiger partial charge in [0, 0.05) is 49.4 Å². The van der Waals surface area contributed by atoms with Crippen LogP contribution in [0, 0.1) is 6.92 Å². The second-order valence-corrected chi connectivity index (χ2v) is 5.41. The number of hydrogen-bond acceptors (Lipinski definition) is 4. The number of phenols is 1. The summed E-state index contributed by atoms with van der Waals surface area (Å²) in [6, 6.07) is 3.59. The zero-order valence-corrected chi connectivity index (χ0v) is 12.0. The molecule has 1 fully saturated rings. The van der Waals surface area contributed by atoms with Crippen molar-refractivity contribution < 1.29 is 10.2 Å². The zero-order valence-electron chi connectivity index (χ0n) is 11.2. The number of hydrogen-bond donors (Lipinski definition) is 3. The fourth-order valence-corrected chi connectivity index (χ4v) is 2.95. The van der Waals surface area contributed by atoms with E-state index in [9.17, 15) is 10.2 Å². The number of aromatic hydroxyl groups is 1. The first-order valence-corrected chi connectivity index (χ1v) is 7.06. The summed E-state index contributed by atoms with van der Waals surface area (Å²) in [6.45, 7) is 5.63. The molecule has 3 N–H and O–H groups in total. The van der Waals surface area contributed by atoms with Crippen LogP contribution in [0.1, 0.15) is 23.6 Å². The maximum Gasteiger partial charge on any atom is 0.123 e. The van der Waals surface area contributed by atoms with Crippen LogP contribution in [0.3, 0.4) is 0 Å². The monoisotopic (exact) mass is 284 g/mol. The molecule has 106 valence electrons. The molecule has 5 heteroatoms. The molecule has 0 saturated carbocycles. The third-order valence-electron chi connectivity index (χ3n) is 3.65. The number of aliphatic hydroxyl groups excluding tert-OH is 1. The van der Waals surface area contributed by atoms with E-state index in [0.29, 0.717) is 17.2 Å². The van der Waals surface area contributed by atoms with Crippen LogP contribution in [-0.4, -0.2) is 47.9 Å². The van der Waals surface area contributed by atoms with Gasteiger partial charge < -0.3 is 15.5 Å². The van der Waals surface area contributed by atoms with Crippen molar-refractivity contribution in [1.82, 2.24) is 10.2 Å². The molecule has 1 atom stereocenters. The summed E-state index contributed by atoms with van der Waals surface area (Å²) in [5.74, 6) is 0.293. The molecule has 1 aliphatic heterocycles. The molecule has 1 heterocycles. The van der Waals surface area contributed by atoms with Crippen LogP contribution in [0.5, 0.6) is 5.75 Å². The Morgan fingerprint density at radius 1 is 1.37 bits per heavy atom. The number of benzene rings is 1. The van der Waals surface area contributed by atoms with Crippen molar-refractivity contribution in [3.8, 4) is 5.75 Å². The van der Waals surface area contributed by atoms with Gasteiger partial charge in [-0.2, -0.15) is 0 Å². The maximum atomic E-state index is 10.3. The van der Waals surface area contributed by atoms with E-state index in [1.54, 1.807) is 6.07 Å². The highest BCUT2D eigenvalue weighted by atomic mass is 35.5. The number of nitrogens with zero attached hydrogens (tertiary/aromatic N) is 1. The van der Waals surface area contributed by atoms with E-state index in [4.69, 9.17) is 11.6 Å². The van der Waals surface area contributed by atoms with Crippen molar-refractivity contribution in [2.75, 3.05) is 32.8 Å². The largest absolute Gasteiger partial charge is 0.507 e. The zero-order chi connectivity index (χ0) is 13.8. The first-order valence-electron chi connectivity index (χ1n) is 6.68. The lowest BCUT2D eigenvalue weighted by atomic mass is 9.98. The average molecular weight is 285 g/mol. The molecule has 1 saturated heterocycles. The van der Waals surface area contributed by atoms with E-state index in [1.807, 2.05) is 13.0 Å². The summed E-state index contributed by atoms with van der Waals surface area (Å²) < 4.78 is 0. The Morgan fingerprint density at radius 2 is 2.05 bits per heavy atom. The van der Waals surface area contributed by atoms with Gasteiger partial charge in [-0.3, -0.25) is 4.90 Å². The predicted octanol–water partition coefficient (Wildman–Crippen LogP) is 1.68. The lowest BCUT2D eigenvalue weighted by molar-refractivity contribution is 0.139. The molecule has 4 nitrogen and oxygen atoms in total. The molecule has 0 unspecified atom stereocenters. The number of rotatable bonds is 4. The third kappa shape index (κ3) is 3.39. The van der Waals surface area contributed by atoms with Crippen molar-refractivity contribution in [2.24, 2.45) is 0 Å². The summed E-state index contributed by atoms with van der Waals surface area (Å²) in [5.41, 5.74) is 1.60. The third-order valence-corrected chi connectivity index (χ3v) is 3.87. The quantitative estimate of drug-likeness (QED) is 0.787. The van der Waals surface area contributed by atoms with Crippen molar-refractivity contribution in [2.45, 2.75) is 19.4 Å². The van der Waals surface area contributed by atoms with Crippen LogP contribution in [0.15, 0.2) is 12.1 Å². The topological polar surface area (TPSA) is 55.7 Å². The van der Waals surface area contributed by atoms with E-state index in [1.165, 1.54) is 0 Å². The Bertz CT molecular complexity index is 434. The maximum absolute atomic E-state index is 10.3. The highest BCUT2D eigenvalue weighted by Crippen LogP contribution is 2.35. The molecule has 1 aromatic carbocycles. The fraction of sp³-hybridized carbons (Fsp3) is 0.571. The number of phenolic OH excluding ortho intramolecular Hbond substituents is 1. The summed E-state index contributed by atoms with van der Waals surface area (Å²) in [5, 5.41) is 23.5. The summed E-state index contributed by atoms with van der Waals surface area (Å²) in [4.78, 5) is 2.29. The fourth-order valence-electron chi connectivity index (χ4n) is 2.67. The van der Waals surface area contributed by atoms with E-state index < -0.39 is 0 Å². The van der Waals surface area contributed by atoms with Crippen LogP contribution in [0.25, 0.3) is 0 Å². The van der Waals surface area contributed by atoms with E-state index >= 15 is 0 Å². The molecule has 0 amide bonds. The van der Waals surface area contributed by atoms with Crippen molar-refractivity contribution in [3.05, 3.63) is 28.3 Å². The van der Waals surface area contributed by atoms with Crippen LogP contribution in [-0.2, 0) is 0 Å². The number of nitrogens with one attached hydrogen (secondary N) is 1. The molecule has 0 radical (unpaired) electrons. The number of halogens is 1. The number of aliphatic hydroxyl groups is 1. The van der Waals surface area contributed by atoms with Crippen LogP contribution < -0.4 is 5.32 Å². The molecular weight excluding hydrogens is 264 g/mol. The molecule has 0 aromatic heterocycles. The Hall–Kier alpha value is -0.810. The number of piperazine rings is 1. The summed E-state index contributed by atoms with van der Waals surface area (Å²) >= 11 is 6.10. The minimum atomic E-state index is 0.0181. The molecular formula is C14H21ClN2O2. The second kappa shape index (κ2) is 6.57. The van der Waals surface area contributed by atoms with Crippen molar-refractivity contribution in [1.29, 1.82) is 0 Å². The van der Waals surface area contributed by atoms with Gasteiger partial charge in [0.1, 0.15) is 5.75 Å². The molecule has 0 aliphatic carbocycles. The van der Waals surface area contributed by atoms with Crippen molar-refractivity contribution in [3.63, 3.8) is 0 Å². The van der Waals surface area contributed by atoms with Crippen LogP contribution in [0.4, 0.5) is 0 Å². The van der Waals surface area contributed by atoms with Gasteiger partial charge in [0.05, 0.1) is 0 Å². The first kappa shape index (κ1) is 14.6. The van der Waals surface area contributed by atoms with Crippen LogP contribution in [0.2, 0.25) is 5.02 Å². The van der Waals surface area contributed by atoms with Gasteiger partial charge in [-0.05, 0) is 31.0 Å². The average Bonchev–Trinajstić information content (AvgIpc) is 2.41. The Kier molecular flexibility index (Phi) is 5.05. The Labute approximate surface area is 119 Å². The first-order chi connectivity index (χ1) is 9.13. The van der Waals surface area contributed by atoms with E-state index in [-0.39, 0.29) is 12.6 Å². The van der Waals surface area contributed by atoms with Gasteiger partial charge in [-0.25, -0.2) is 0 Å². The van der Waals surface area contributed by atoms with Gasteiger partial charge in [-0.15, -0.1) is 0 Å². The standard InChI is InChI=1S/C14H21ClN2O2/c1-10-8-11(15)9-12(14(10)19)13(2-7-18)17-5-3-16-4-6-17/h8-9,13,16,18-19H,2-7H2,1H3/t13-/m0/s1. The second-order valence-electron chi connectivity index (χ2n) is 4.97. The van der Waals surface area contributed by atoms with Gasteiger partial charge >= 0.3 is 0 Å². The highest BCUT2D eigenvalue weighted by Gasteiger charge is 2.25. The molecule has 1 aromatic rings. The molecule has 1 aliphatic rings. The van der Waals surface area contributed by atoms with E-state index in [2.05, 4.69) is 10.2 Å². The SMILES string of the molecule is Cc1cc(Cl)cc([C@H](CCO)N2CCNCC2)c1O. The minimum absolute atomic E-state index is 0.0181. The lowest BCUT2D eigenvalue weighted by Gasteiger charge is -2.35. The van der Waals surface area contributed by atoms with Gasteiger partial charge in [0.25, 0.3) is 0 Å². The molecule has 0 spiro atoms. The predicted molar refractivity (Wildman–Crippen MR) is 76.7 cm³/mol. The molecule has 2 rings (SSSR count). The summed E-state index contributed by atoms with van der Waals surface area (Å²) in [7, 11) is 0. The normalized spacial score (nSPS) is 18.5.